The van der Waals surface area contributed by atoms with Crippen LogP contribution in [0.4, 0.5) is 11.4 Å². The third kappa shape index (κ3) is 3.45. The molecule has 1 aliphatic heterocycles. The first-order chi connectivity index (χ1) is 13.5. The number of aromatic nitrogens is 2. The van der Waals surface area contributed by atoms with E-state index in [0.29, 0.717) is 21.2 Å². The van der Waals surface area contributed by atoms with Gasteiger partial charge in [-0.3, -0.25) is 14.2 Å². The molecule has 0 saturated carbocycles. The molecule has 28 heavy (non-hydrogen) atoms. The van der Waals surface area contributed by atoms with Crippen molar-refractivity contribution in [2.24, 2.45) is 7.05 Å². The summed E-state index contributed by atoms with van der Waals surface area (Å²) in [6.07, 6.45) is 3.59. The van der Waals surface area contributed by atoms with E-state index in [1.165, 1.54) is 23.8 Å². The number of piperidine rings is 1. The number of fused-ring (bicyclic) bond motifs is 1. The number of nitrogens with zero attached hydrogens (tertiary/aromatic N) is 2. The molecule has 2 aromatic carbocycles. The molecule has 0 spiro atoms. The zero-order valence-electron chi connectivity index (χ0n) is 15.7. The first-order valence-corrected chi connectivity index (χ1v) is 9.84. The van der Waals surface area contributed by atoms with Gasteiger partial charge in [0.05, 0.1) is 22.3 Å². The van der Waals surface area contributed by atoms with Crippen molar-refractivity contribution in [2.75, 3.05) is 23.3 Å². The van der Waals surface area contributed by atoms with Crippen molar-refractivity contribution in [2.45, 2.75) is 19.3 Å². The number of aromatic amines is 1. The molecular weight excluding hydrogens is 372 g/mol. The number of carbonyl (C=O) groups excluding carboxylic acids is 1. The molecule has 6 nitrogen and oxygen atoms in total. The number of benzene rings is 2. The lowest BCUT2D eigenvalue weighted by atomic mass is 10.1. The van der Waals surface area contributed by atoms with Crippen molar-refractivity contribution in [3.05, 3.63) is 63.2 Å². The molecule has 144 valence electrons. The van der Waals surface area contributed by atoms with E-state index in [4.69, 9.17) is 12.2 Å². The van der Waals surface area contributed by atoms with Gasteiger partial charge in [-0.2, -0.15) is 0 Å². The van der Waals surface area contributed by atoms with Crippen LogP contribution in [-0.4, -0.2) is 28.5 Å². The Balaban J connectivity index is 1.65. The van der Waals surface area contributed by atoms with E-state index >= 15 is 0 Å². The van der Waals surface area contributed by atoms with Crippen LogP contribution in [0.2, 0.25) is 0 Å². The van der Waals surface area contributed by atoms with Gasteiger partial charge in [0, 0.05) is 25.7 Å². The molecule has 0 aliphatic carbocycles. The maximum absolute atomic E-state index is 12.9. The van der Waals surface area contributed by atoms with Crippen LogP contribution in [0, 0.1) is 4.77 Å². The van der Waals surface area contributed by atoms with Crippen LogP contribution in [0.15, 0.2) is 47.3 Å². The number of anilines is 2. The van der Waals surface area contributed by atoms with Gasteiger partial charge in [-0.25, -0.2) is 0 Å². The van der Waals surface area contributed by atoms with Crippen LogP contribution >= 0.6 is 12.2 Å². The Hall–Kier alpha value is -2.93. The number of hydrogen-bond acceptors (Lipinski definition) is 4. The Morgan fingerprint density at radius 1 is 1.11 bits per heavy atom. The lowest BCUT2D eigenvalue weighted by Crippen LogP contribution is -2.30. The Morgan fingerprint density at radius 3 is 2.64 bits per heavy atom. The molecule has 1 fully saturated rings. The molecule has 1 aromatic heterocycles. The number of amides is 1. The molecule has 1 amide bonds. The number of para-hydroxylation sites is 2. The summed E-state index contributed by atoms with van der Waals surface area (Å²) in [6.45, 7) is 2.01. The monoisotopic (exact) mass is 394 g/mol. The standard InChI is InChI=1S/C21H22N4O2S/c1-24-20(27)15-10-9-14(13-17(15)23-21(24)28)19(26)22-16-7-3-4-8-18(16)25-11-5-2-6-12-25/h3-4,7-10,13H,2,5-6,11-12H2,1H3,(H,22,26)(H,23,28). The fraction of sp³-hybridized carbons (Fsp3) is 0.286. The number of hydrogen-bond donors (Lipinski definition) is 2. The fourth-order valence-electron chi connectivity index (χ4n) is 3.63. The van der Waals surface area contributed by atoms with Crippen LogP contribution in [0.25, 0.3) is 10.9 Å². The van der Waals surface area contributed by atoms with Crippen molar-refractivity contribution in [1.82, 2.24) is 9.55 Å². The van der Waals surface area contributed by atoms with Crippen molar-refractivity contribution < 1.29 is 4.79 Å². The summed E-state index contributed by atoms with van der Waals surface area (Å²) < 4.78 is 1.71. The van der Waals surface area contributed by atoms with Gasteiger partial charge >= 0.3 is 0 Å². The lowest BCUT2D eigenvalue weighted by molar-refractivity contribution is 0.102. The normalized spacial score (nSPS) is 14.2. The molecule has 7 heteroatoms. The number of nitrogens with one attached hydrogen (secondary N) is 2. The summed E-state index contributed by atoms with van der Waals surface area (Å²) in [5.41, 5.74) is 2.70. The second-order valence-electron chi connectivity index (χ2n) is 7.07. The van der Waals surface area contributed by atoms with E-state index in [9.17, 15) is 9.59 Å². The van der Waals surface area contributed by atoms with Crippen molar-refractivity contribution >= 4 is 40.4 Å². The molecule has 0 atom stereocenters. The van der Waals surface area contributed by atoms with Crippen LogP contribution < -0.4 is 15.8 Å². The van der Waals surface area contributed by atoms with Crippen LogP contribution in [0.3, 0.4) is 0 Å². The minimum Gasteiger partial charge on any atom is -0.370 e. The number of carbonyl (C=O) groups is 1. The lowest BCUT2D eigenvalue weighted by Gasteiger charge is -2.30. The molecule has 2 N–H and O–H groups in total. The van der Waals surface area contributed by atoms with Crippen LogP contribution in [0.1, 0.15) is 29.6 Å². The molecule has 0 unspecified atom stereocenters. The van der Waals surface area contributed by atoms with Crippen LogP contribution in [-0.2, 0) is 7.05 Å². The van der Waals surface area contributed by atoms with Crippen LogP contribution in [0.5, 0.6) is 0 Å². The van der Waals surface area contributed by atoms with E-state index < -0.39 is 0 Å². The molecule has 4 rings (SSSR count). The molecule has 0 bridgehead atoms. The van der Waals surface area contributed by atoms with Gasteiger partial charge in [-0.1, -0.05) is 12.1 Å². The van der Waals surface area contributed by atoms with E-state index in [1.807, 2.05) is 24.3 Å². The first-order valence-electron chi connectivity index (χ1n) is 9.43. The van der Waals surface area contributed by atoms with E-state index in [-0.39, 0.29) is 11.5 Å². The predicted octanol–water partition coefficient (Wildman–Crippen LogP) is 3.84. The summed E-state index contributed by atoms with van der Waals surface area (Å²) in [5, 5.41) is 3.53. The smallest absolute Gasteiger partial charge is 0.261 e. The molecular formula is C21H22N4O2S. The highest BCUT2D eigenvalue weighted by molar-refractivity contribution is 7.71. The summed E-state index contributed by atoms with van der Waals surface area (Å²) in [5.74, 6) is -0.216. The second kappa shape index (κ2) is 7.59. The maximum atomic E-state index is 12.9. The van der Waals surface area contributed by atoms with Gasteiger partial charge in [-0.15, -0.1) is 0 Å². The molecule has 3 aromatic rings. The summed E-state index contributed by atoms with van der Waals surface area (Å²) in [6, 6.07) is 12.9. The van der Waals surface area contributed by atoms with Gasteiger partial charge in [0.1, 0.15) is 0 Å². The zero-order chi connectivity index (χ0) is 19.7. The topological polar surface area (TPSA) is 70.1 Å². The quantitative estimate of drug-likeness (QED) is 0.662. The van der Waals surface area contributed by atoms with Gasteiger partial charge < -0.3 is 15.2 Å². The summed E-state index contributed by atoms with van der Waals surface area (Å²) >= 11 is 5.17. The average Bonchev–Trinajstić information content (AvgIpc) is 2.73. The van der Waals surface area contributed by atoms with Gasteiger partial charge in [0.25, 0.3) is 11.5 Å². The minimum atomic E-state index is -0.216. The molecule has 1 aliphatic rings. The Kier molecular flexibility index (Phi) is 5.00. The van der Waals surface area contributed by atoms with Gasteiger partial charge in [0.2, 0.25) is 0 Å². The van der Waals surface area contributed by atoms with Gasteiger partial charge in [-0.05, 0) is 61.8 Å². The maximum Gasteiger partial charge on any atom is 0.261 e. The average molecular weight is 395 g/mol. The summed E-state index contributed by atoms with van der Waals surface area (Å²) in [4.78, 5) is 30.5. The predicted molar refractivity (Wildman–Crippen MR) is 115 cm³/mol. The highest BCUT2D eigenvalue weighted by Gasteiger charge is 2.16. The highest BCUT2D eigenvalue weighted by Crippen LogP contribution is 2.28. The third-order valence-corrected chi connectivity index (χ3v) is 5.59. The Labute approximate surface area is 167 Å². The first kappa shape index (κ1) is 18.4. The van der Waals surface area contributed by atoms with E-state index in [1.54, 1.807) is 25.2 Å². The fourth-order valence-corrected chi connectivity index (χ4v) is 3.82. The third-order valence-electron chi connectivity index (χ3n) is 5.21. The summed E-state index contributed by atoms with van der Waals surface area (Å²) in [7, 11) is 1.62. The van der Waals surface area contributed by atoms with Crippen molar-refractivity contribution in [3.8, 4) is 0 Å². The molecule has 1 saturated heterocycles. The number of rotatable bonds is 3. The largest absolute Gasteiger partial charge is 0.370 e. The van der Waals surface area contributed by atoms with Gasteiger partial charge in [0.15, 0.2) is 4.77 Å². The Morgan fingerprint density at radius 2 is 1.86 bits per heavy atom. The molecule has 2 heterocycles. The second-order valence-corrected chi connectivity index (χ2v) is 7.46. The van der Waals surface area contributed by atoms with E-state index in [0.717, 1.165) is 24.5 Å². The Bertz CT molecular complexity index is 1160. The highest BCUT2D eigenvalue weighted by atomic mass is 32.1. The minimum absolute atomic E-state index is 0.179. The van der Waals surface area contributed by atoms with E-state index in [2.05, 4.69) is 15.2 Å². The zero-order valence-corrected chi connectivity index (χ0v) is 16.5. The van der Waals surface area contributed by atoms with Crippen molar-refractivity contribution in [1.29, 1.82) is 0 Å². The SMILES string of the molecule is Cn1c(=S)[nH]c2cc(C(=O)Nc3ccccc3N3CCCCC3)ccc2c1=O. The van der Waals surface area contributed by atoms with Crippen molar-refractivity contribution in [3.63, 3.8) is 0 Å². The number of H-pyrrole nitrogens is 1. The molecule has 0 radical (unpaired) electrons.